The summed E-state index contributed by atoms with van der Waals surface area (Å²) in [6, 6.07) is 0. The molecule has 0 bridgehead atoms. The van der Waals surface area contributed by atoms with Crippen molar-refractivity contribution < 1.29 is 14.6 Å². The van der Waals surface area contributed by atoms with Crippen molar-refractivity contribution >= 4 is 5.97 Å². The van der Waals surface area contributed by atoms with Crippen molar-refractivity contribution in [1.82, 2.24) is 0 Å². The number of hydrogen-bond donors (Lipinski definition) is 1. The van der Waals surface area contributed by atoms with Crippen LogP contribution in [0, 0.1) is 17.3 Å². The number of ether oxygens (including phenoxy) is 1. The van der Waals surface area contributed by atoms with E-state index in [4.69, 9.17) is 9.84 Å². The van der Waals surface area contributed by atoms with E-state index in [1.54, 1.807) is 0 Å². The van der Waals surface area contributed by atoms with Crippen LogP contribution in [-0.4, -0.2) is 24.3 Å². The van der Waals surface area contributed by atoms with Crippen molar-refractivity contribution in [2.24, 2.45) is 17.3 Å². The Bertz CT molecular complexity index is 232. The van der Waals surface area contributed by atoms with Crippen molar-refractivity contribution in [2.45, 2.75) is 39.0 Å². The van der Waals surface area contributed by atoms with Gasteiger partial charge in [0.15, 0.2) is 0 Å². The molecule has 1 saturated carbocycles. The molecule has 1 aliphatic carbocycles. The molecule has 0 aromatic carbocycles. The fourth-order valence-corrected chi connectivity index (χ4v) is 3.05. The first-order chi connectivity index (χ1) is 7.18. The van der Waals surface area contributed by atoms with Crippen LogP contribution in [0.25, 0.3) is 0 Å². The summed E-state index contributed by atoms with van der Waals surface area (Å²) in [4.78, 5) is 10.8. The molecule has 2 rings (SSSR count). The molecule has 3 nitrogen and oxygen atoms in total. The lowest BCUT2D eigenvalue weighted by Gasteiger charge is -2.49. The molecular formula is C12H20O3. The van der Waals surface area contributed by atoms with Gasteiger partial charge in [0.05, 0.1) is 19.1 Å². The molecule has 0 spiro atoms. The maximum Gasteiger partial charge on any atom is 0.306 e. The topological polar surface area (TPSA) is 46.5 Å². The smallest absolute Gasteiger partial charge is 0.306 e. The van der Waals surface area contributed by atoms with Crippen LogP contribution in [0.2, 0.25) is 0 Å². The maximum absolute atomic E-state index is 10.8. The summed E-state index contributed by atoms with van der Waals surface area (Å²) in [6.45, 7) is 4.02. The largest absolute Gasteiger partial charge is 0.481 e. The third-order valence-corrected chi connectivity index (χ3v) is 4.43. The second kappa shape index (κ2) is 4.12. The molecular weight excluding hydrogens is 192 g/mol. The standard InChI is InChI=1S/C12H20O3/c1-2-12(7-15-8-12)10-5-3-9(4-6-10)11(13)14/h9-10H,2-8H2,1H3,(H,13,14). The van der Waals surface area contributed by atoms with E-state index in [1.807, 2.05) is 0 Å². The number of carboxylic acids is 1. The normalized spacial score (nSPS) is 34.5. The van der Waals surface area contributed by atoms with Crippen LogP contribution in [0.4, 0.5) is 0 Å². The molecule has 2 aliphatic rings. The summed E-state index contributed by atoms with van der Waals surface area (Å²) in [5.74, 6) is 0.00635. The minimum absolute atomic E-state index is 0.0869. The van der Waals surface area contributed by atoms with E-state index >= 15 is 0 Å². The van der Waals surface area contributed by atoms with E-state index in [9.17, 15) is 4.79 Å². The zero-order valence-electron chi connectivity index (χ0n) is 9.37. The molecule has 0 aromatic rings. The molecule has 15 heavy (non-hydrogen) atoms. The first kappa shape index (κ1) is 10.9. The number of aliphatic carboxylic acids is 1. The van der Waals surface area contributed by atoms with E-state index in [1.165, 1.54) is 6.42 Å². The average Bonchev–Trinajstić information content (AvgIpc) is 2.18. The monoisotopic (exact) mass is 212 g/mol. The van der Waals surface area contributed by atoms with Gasteiger partial charge in [-0.25, -0.2) is 0 Å². The van der Waals surface area contributed by atoms with Crippen molar-refractivity contribution in [3.05, 3.63) is 0 Å². The lowest BCUT2D eigenvalue weighted by molar-refractivity contribution is -0.161. The SMILES string of the molecule is CCC1(C2CCC(C(=O)O)CC2)COC1. The van der Waals surface area contributed by atoms with Gasteiger partial charge in [-0.05, 0) is 38.0 Å². The highest BCUT2D eigenvalue weighted by molar-refractivity contribution is 5.70. The minimum Gasteiger partial charge on any atom is -0.481 e. The Kier molecular flexibility index (Phi) is 3.01. The first-order valence-corrected chi connectivity index (χ1v) is 5.98. The van der Waals surface area contributed by atoms with Gasteiger partial charge in [-0.2, -0.15) is 0 Å². The van der Waals surface area contributed by atoms with Crippen LogP contribution < -0.4 is 0 Å². The van der Waals surface area contributed by atoms with Gasteiger partial charge in [0.1, 0.15) is 0 Å². The molecule has 0 unspecified atom stereocenters. The molecule has 0 radical (unpaired) electrons. The molecule has 0 aromatic heterocycles. The van der Waals surface area contributed by atoms with Crippen molar-refractivity contribution in [3.63, 3.8) is 0 Å². The Hall–Kier alpha value is -0.570. The summed E-state index contributed by atoms with van der Waals surface area (Å²) in [6.07, 6.45) is 5.06. The van der Waals surface area contributed by atoms with E-state index in [2.05, 4.69) is 6.92 Å². The second-order valence-corrected chi connectivity index (χ2v) is 5.10. The number of carboxylic acid groups (broad SMARTS) is 1. The van der Waals surface area contributed by atoms with Gasteiger partial charge >= 0.3 is 5.97 Å². The van der Waals surface area contributed by atoms with E-state index in [0.717, 1.165) is 38.9 Å². The summed E-state index contributed by atoms with van der Waals surface area (Å²) in [5, 5.41) is 8.93. The zero-order valence-corrected chi connectivity index (χ0v) is 9.37. The van der Waals surface area contributed by atoms with Crippen LogP contribution in [0.15, 0.2) is 0 Å². The van der Waals surface area contributed by atoms with Crippen LogP contribution >= 0.6 is 0 Å². The molecule has 86 valence electrons. The Morgan fingerprint density at radius 1 is 1.33 bits per heavy atom. The van der Waals surface area contributed by atoms with Crippen molar-refractivity contribution in [3.8, 4) is 0 Å². The van der Waals surface area contributed by atoms with Gasteiger partial charge in [0.25, 0.3) is 0 Å². The van der Waals surface area contributed by atoms with Crippen LogP contribution in [0.3, 0.4) is 0 Å². The maximum atomic E-state index is 10.8. The lowest BCUT2D eigenvalue weighted by Crippen LogP contribution is -2.49. The third kappa shape index (κ3) is 1.89. The molecule has 1 N–H and O–H groups in total. The quantitative estimate of drug-likeness (QED) is 0.780. The van der Waals surface area contributed by atoms with Gasteiger partial charge < -0.3 is 9.84 Å². The fraction of sp³-hybridized carbons (Fsp3) is 0.917. The van der Waals surface area contributed by atoms with Crippen LogP contribution in [0.1, 0.15) is 39.0 Å². The third-order valence-electron chi connectivity index (χ3n) is 4.43. The van der Waals surface area contributed by atoms with Crippen LogP contribution in [-0.2, 0) is 9.53 Å². The van der Waals surface area contributed by atoms with E-state index in [-0.39, 0.29) is 5.92 Å². The van der Waals surface area contributed by atoms with Gasteiger partial charge in [0.2, 0.25) is 0 Å². The fourth-order valence-electron chi connectivity index (χ4n) is 3.05. The van der Waals surface area contributed by atoms with Gasteiger partial charge in [0, 0.05) is 5.41 Å². The number of rotatable bonds is 3. The second-order valence-electron chi connectivity index (χ2n) is 5.10. The minimum atomic E-state index is -0.608. The van der Waals surface area contributed by atoms with Gasteiger partial charge in [-0.3, -0.25) is 4.79 Å². The number of carbonyl (C=O) groups is 1. The van der Waals surface area contributed by atoms with Crippen molar-refractivity contribution in [1.29, 1.82) is 0 Å². The zero-order chi connectivity index (χ0) is 10.9. The lowest BCUT2D eigenvalue weighted by atomic mass is 9.64. The highest BCUT2D eigenvalue weighted by Crippen LogP contribution is 2.47. The average molecular weight is 212 g/mol. The molecule has 0 amide bonds. The molecule has 1 heterocycles. The van der Waals surface area contributed by atoms with Gasteiger partial charge in [-0.15, -0.1) is 0 Å². The predicted molar refractivity (Wildman–Crippen MR) is 56.6 cm³/mol. The molecule has 0 atom stereocenters. The summed E-state index contributed by atoms with van der Waals surface area (Å²) in [7, 11) is 0. The Morgan fingerprint density at radius 2 is 1.93 bits per heavy atom. The first-order valence-electron chi connectivity index (χ1n) is 5.98. The Morgan fingerprint density at radius 3 is 2.27 bits per heavy atom. The Labute approximate surface area is 90.8 Å². The van der Waals surface area contributed by atoms with Gasteiger partial charge in [-0.1, -0.05) is 6.92 Å². The number of hydrogen-bond acceptors (Lipinski definition) is 2. The van der Waals surface area contributed by atoms with Crippen LogP contribution in [0.5, 0.6) is 0 Å². The molecule has 1 saturated heterocycles. The molecule has 3 heteroatoms. The molecule has 1 aliphatic heterocycles. The van der Waals surface area contributed by atoms with E-state index < -0.39 is 5.97 Å². The summed E-state index contributed by atoms with van der Waals surface area (Å²) < 4.78 is 5.34. The highest BCUT2D eigenvalue weighted by atomic mass is 16.5. The van der Waals surface area contributed by atoms with E-state index in [0.29, 0.717) is 11.3 Å². The van der Waals surface area contributed by atoms with Crippen molar-refractivity contribution in [2.75, 3.05) is 13.2 Å². The molecule has 2 fully saturated rings. The summed E-state index contributed by atoms with van der Waals surface area (Å²) >= 11 is 0. The predicted octanol–water partition coefficient (Wildman–Crippen LogP) is 2.30. The summed E-state index contributed by atoms with van der Waals surface area (Å²) in [5.41, 5.74) is 0.392. The highest BCUT2D eigenvalue weighted by Gasteiger charge is 2.45. The Balaban J connectivity index is 1.90.